The van der Waals surface area contributed by atoms with Crippen molar-refractivity contribution < 1.29 is 4.74 Å². The molecule has 1 fully saturated rings. The van der Waals surface area contributed by atoms with Crippen molar-refractivity contribution in [1.82, 2.24) is 25.1 Å². The first-order chi connectivity index (χ1) is 7.40. The van der Waals surface area contributed by atoms with E-state index in [1.165, 1.54) is 0 Å². The van der Waals surface area contributed by atoms with E-state index in [2.05, 4.69) is 27.3 Å². The quantitative estimate of drug-likeness (QED) is 0.676. The van der Waals surface area contributed by atoms with Crippen molar-refractivity contribution in [3.05, 3.63) is 5.82 Å². The molecule has 0 atom stereocenters. The standard InChI is InChI=1S/C9H17N5O/c1-2-9-10-11-12-14(9)4-3-13-5-7-15-8-6-13/h2-8H2,1H3. The first kappa shape index (κ1) is 10.5. The van der Waals surface area contributed by atoms with Crippen LogP contribution in [0.5, 0.6) is 0 Å². The average Bonchev–Trinajstić information content (AvgIpc) is 2.75. The van der Waals surface area contributed by atoms with Gasteiger partial charge in [0.15, 0.2) is 5.82 Å². The fourth-order valence-corrected chi connectivity index (χ4v) is 1.71. The SMILES string of the molecule is CCc1nnnn1CCN1CCOCC1. The highest BCUT2D eigenvalue weighted by atomic mass is 16.5. The molecule has 0 N–H and O–H groups in total. The van der Waals surface area contributed by atoms with E-state index >= 15 is 0 Å². The minimum Gasteiger partial charge on any atom is -0.379 e. The van der Waals surface area contributed by atoms with E-state index in [4.69, 9.17) is 4.74 Å². The summed E-state index contributed by atoms with van der Waals surface area (Å²) in [6.07, 6.45) is 0.885. The van der Waals surface area contributed by atoms with Crippen molar-refractivity contribution in [2.75, 3.05) is 32.8 Å². The van der Waals surface area contributed by atoms with E-state index in [0.29, 0.717) is 0 Å². The van der Waals surface area contributed by atoms with Crippen LogP contribution >= 0.6 is 0 Å². The minimum atomic E-state index is 0.843. The van der Waals surface area contributed by atoms with Crippen LogP contribution in [-0.4, -0.2) is 58.0 Å². The molecule has 0 radical (unpaired) electrons. The summed E-state index contributed by atoms with van der Waals surface area (Å²) in [4.78, 5) is 2.38. The second-order valence-corrected chi connectivity index (χ2v) is 3.63. The van der Waals surface area contributed by atoms with E-state index in [1.807, 2.05) is 4.68 Å². The molecular weight excluding hydrogens is 194 g/mol. The highest BCUT2D eigenvalue weighted by Gasteiger charge is 2.11. The number of morpholine rings is 1. The summed E-state index contributed by atoms with van der Waals surface area (Å²) in [7, 11) is 0. The van der Waals surface area contributed by atoms with Crippen molar-refractivity contribution in [3.8, 4) is 0 Å². The van der Waals surface area contributed by atoms with Crippen molar-refractivity contribution >= 4 is 0 Å². The number of aryl methyl sites for hydroxylation is 1. The highest BCUT2D eigenvalue weighted by Crippen LogP contribution is 1.98. The number of rotatable bonds is 4. The lowest BCUT2D eigenvalue weighted by molar-refractivity contribution is 0.0358. The molecule has 1 aliphatic heterocycles. The number of tetrazole rings is 1. The van der Waals surface area contributed by atoms with Crippen LogP contribution in [-0.2, 0) is 17.7 Å². The van der Waals surface area contributed by atoms with E-state index < -0.39 is 0 Å². The maximum absolute atomic E-state index is 5.29. The van der Waals surface area contributed by atoms with Gasteiger partial charge in [-0.05, 0) is 10.4 Å². The molecule has 0 amide bonds. The van der Waals surface area contributed by atoms with Gasteiger partial charge in [0.25, 0.3) is 0 Å². The molecule has 6 heteroatoms. The number of hydrogen-bond acceptors (Lipinski definition) is 5. The normalized spacial score (nSPS) is 18.2. The molecule has 0 aromatic carbocycles. The second kappa shape index (κ2) is 5.18. The van der Waals surface area contributed by atoms with Crippen LogP contribution in [0, 0.1) is 0 Å². The third kappa shape index (κ3) is 2.73. The van der Waals surface area contributed by atoms with Crippen LogP contribution in [0.25, 0.3) is 0 Å². The van der Waals surface area contributed by atoms with E-state index in [-0.39, 0.29) is 0 Å². The summed E-state index contributed by atoms with van der Waals surface area (Å²) in [5, 5.41) is 11.6. The molecule has 1 aromatic rings. The summed E-state index contributed by atoms with van der Waals surface area (Å²) in [5.74, 6) is 0.961. The molecule has 84 valence electrons. The van der Waals surface area contributed by atoms with Gasteiger partial charge in [-0.3, -0.25) is 4.90 Å². The summed E-state index contributed by atoms with van der Waals surface area (Å²) in [6.45, 7) is 7.66. The summed E-state index contributed by atoms with van der Waals surface area (Å²) < 4.78 is 7.18. The number of nitrogens with zero attached hydrogens (tertiary/aromatic N) is 5. The first-order valence-electron chi connectivity index (χ1n) is 5.45. The third-order valence-corrected chi connectivity index (χ3v) is 2.65. The molecule has 15 heavy (non-hydrogen) atoms. The Bertz CT molecular complexity index is 294. The fourth-order valence-electron chi connectivity index (χ4n) is 1.71. The molecule has 0 saturated carbocycles. The topological polar surface area (TPSA) is 56.1 Å². The van der Waals surface area contributed by atoms with Crippen molar-refractivity contribution in [2.45, 2.75) is 19.9 Å². The van der Waals surface area contributed by atoms with Gasteiger partial charge in [-0.15, -0.1) is 5.10 Å². The van der Waals surface area contributed by atoms with Gasteiger partial charge in [-0.1, -0.05) is 6.92 Å². The lowest BCUT2D eigenvalue weighted by atomic mass is 10.4. The summed E-state index contributed by atoms with van der Waals surface area (Å²) >= 11 is 0. The molecule has 1 aliphatic rings. The Kier molecular flexibility index (Phi) is 3.63. The van der Waals surface area contributed by atoms with Gasteiger partial charge in [-0.2, -0.15) is 0 Å². The Labute approximate surface area is 89.2 Å². The van der Waals surface area contributed by atoms with Crippen LogP contribution in [0.1, 0.15) is 12.7 Å². The van der Waals surface area contributed by atoms with Gasteiger partial charge in [0.2, 0.25) is 0 Å². The lowest BCUT2D eigenvalue weighted by Crippen LogP contribution is -2.38. The van der Waals surface area contributed by atoms with Crippen LogP contribution in [0.3, 0.4) is 0 Å². The Balaban J connectivity index is 1.81. The van der Waals surface area contributed by atoms with Gasteiger partial charge in [0.05, 0.1) is 19.8 Å². The fraction of sp³-hybridized carbons (Fsp3) is 0.889. The number of ether oxygens (including phenoxy) is 1. The Morgan fingerprint density at radius 3 is 2.80 bits per heavy atom. The average molecular weight is 211 g/mol. The Morgan fingerprint density at radius 2 is 2.07 bits per heavy atom. The monoisotopic (exact) mass is 211 g/mol. The van der Waals surface area contributed by atoms with Gasteiger partial charge in [0.1, 0.15) is 0 Å². The molecule has 0 spiro atoms. The lowest BCUT2D eigenvalue weighted by Gasteiger charge is -2.26. The van der Waals surface area contributed by atoms with E-state index in [0.717, 1.165) is 51.6 Å². The number of hydrogen-bond donors (Lipinski definition) is 0. The maximum atomic E-state index is 5.29. The molecular formula is C9H17N5O. The molecule has 2 heterocycles. The van der Waals surface area contributed by atoms with Gasteiger partial charge < -0.3 is 4.74 Å². The number of aromatic nitrogens is 4. The Hall–Kier alpha value is -1.01. The molecule has 0 unspecified atom stereocenters. The molecule has 6 nitrogen and oxygen atoms in total. The van der Waals surface area contributed by atoms with Crippen molar-refractivity contribution in [2.24, 2.45) is 0 Å². The molecule has 0 bridgehead atoms. The predicted octanol–water partition coefficient (Wildman–Crippen LogP) is -0.432. The zero-order valence-corrected chi connectivity index (χ0v) is 9.09. The van der Waals surface area contributed by atoms with E-state index in [1.54, 1.807) is 0 Å². The van der Waals surface area contributed by atoms with Crippen LogP contribution in [0.4, 0.5) is 0 Å². The van der Waals surface area contributed by atoms with Crippen LogP contribution in [0.2, 0.25) is 0 Å². The van der Waals surface area contributed by atoms with Crippen molar-refractivity contribution in [3.63, 3.8) is 0 Å². The van der Waals surface area contributed by atoms with Crippen LogP contribution in [0.15, 0.2) is 0 Å². The third-order valence-electron chi connectivity index (χ3n) is 2.65. The zero-order valence-electron chi connectivity index (χ0n) is 9.09. The largest absolute Gasteiger partial charge is 0.379 e. The molecule has 2 rings (SSSR count). The highest BCUT2D eigenvalue weighted by molar-refractivity contribution is 4.79. The molecule has 1 aromatic heterocycles. The second-order valence-electron chi connectivity index (χ2n) is 3.63. The maximum Gasteiger partial charge on any atom is 0.151 e. The molecule has 1 saturated heterocycles. The smallest absolute Gasteiger partial charge is 0.151 e. The van der Waals surface area contributed by atoms with Gasteiger partial charge in [0, 0.05) is 26.1 Å². The predicted molar refractivity (Wildman–Crippen MR) is 54.5 cm³/mol. The van der Waals surface area contributed by atoms with E-state index in [9.17, 15) is 0 Å². The minimum absolute atomic E-state index is 0.843. The zero-order chi connectivity index (χ0) is 10.5. The van der Waals surface area contributed by atoms with Gasteiger partial charge in [-0.25, -0.2) is 4.68 Å². The first-order valence-corrected chi connectivity index (χ1v) is 5.45. The van der Waals surface area contributed by atoms with Crippen molar-refractivity contribution in [1.29, 1.82) is 0 Å². The van der Waals surface area contributed by atoms with Gasteiger partial charge >= 0.3 is 0 Å². The summed E-state index contributed by atoms with van der Waals surface area (Å²) in [6, 6.07) is 0. The summed E-state index contributed by atoms with van der Waals surface area (Å²) in [5.41, 5.74) is 0. The Morgan fingerprint density at radius 1 is 1.27 bits per heavy atom. The molecule has 0 aliphatic carbocycles. The van der Waals surface area contributed by atoms with Crippen LogP contribution < -0.4 is 0 Å².